The summed E-state index contributed by atoms with van der Waals surface area (Å²) in [7, 11) is 0. The minimum absolute atomic E-state index is 0.0468. The molecule has 0 atom stereocenters. The van der Waals surface area contributed by atoms with Crippen molar-refractivity contribution in [3.63, 3.8) is 0 Å². The van der Waals surface area contributed by atoms with E-state index in [2.05, 4.69) is 15.2 Å². The lowest BCUT2D eigenvalue weighted by Crippen LogP contribution is -2.41. The Morgan fingerprint density at radius 3 is 2.81 bits per heavy atom. The highest BCUT2D eigenvalue weighted by molar-refractivity contribution is 7.09. The average molecular weight is 389 g/mol. The molecule has 2 aliphatic heterocycles. The van der Waals surface area contributed by atoms with Crippen LogP contribution in [0.15, 0.2) is 5.38 Å². The summed E-state index contributed by atoms with van der Waals surface area (Å²) in [5, 5.41) is 10.3. The molecule has 4 heterocycles. The van der Waals surface area contributed by atoms with Gasteiger partial charge in [-0.25, -0.2) is 4.98 Å². The number of rotatable bonds is 4. The number of amides is 2. The van der Waals surface area contributed by atoms with Crippen LogP contribution in [0.25, 0.3) is 0 Å². The molecule has 144 valence electrons. The van der Waals surface area contributed by atoms with Crippen LogP contribution in [-0.4, -0.2) is 69.6 Å². The van der Waals surface area contributed by atoms with Crippen molar-refractivity contribution in [2.24, 2.45) is 0 Å². The summed E-state index contributed by atoms with van der Waals surface area (Å²) < 4.78 is 5.31. The fourth-order valence-corrected chi connectivity index (χ4v) is 4.19. The molecule has 0 radical (unpaired) electrons. The Morgan fingerprint density at radius 2 is 2.07 bits per heavy atom. The first-order valence-electron chi connectivity index (χ1n) is 9.23. The van der Waals surface area contributed by atoms with E-state index in [1.54, 1.807) is 16.2 Å². The van der Waals surface area contributed by atoms with Gasteiger partial charge in [0.15, 0.2) is 5.69 Å². The van der Waals surface area contributed by atoms with Gasteiger partial charge in [0.1, 0.15) is 0 Å². The zero-order valence-electron chi connectivity index (χ0n) is 15.4. The highest BCUT2D eigenvalue weighted by Crippen LogP contribution is 2.22. The first-order chi connectivity index (χ1) is 13.1. The van der Waals surface area contributed by atoms with Crippen molar-refractivity contribution in [3.8, 4) is 0 Å². The normalized spacial score (nSPS) is 17.1. The largest absolute Gasteiger partial charge is 0.378 e. The van der Waals surface area contributed by atoms with E-state index in [1.807, 2.05) is 17.2 Å². The molecule has 4 rings (SSSR count). The van der Waals surface area contributed by atoms with Crippen molar-refractivity contribution >= 4 is 23.2 Å². The van der Waals surface area contributed by atoms with Gasteiger partial charge in [-0.15, -0.1) is 11.3 Å². The maximum absolute atomic E-state index is 12.7. The standard InChI is InChI=1S/C18H23N5O3S/c1-12-19-13(11-27-12)2-3-16(24)23-5-4-14-15(10-23)20-21-17(14)18(25)22-6-8-26-9-7-22/h11H,2-10H2,1H3,(H,20,21). The molecule has 2 amide bonds. The third kappa shape index (κ3) is 3.89. The smallest absolute Gasteiger partial charge is 0.274 e. The third-order valence-corrected chi connectivity index (χ3v) is 5.87. The summed E-state index contributed by atoms with van der Waals surface area (Å²) in [6.07, 6.45) is 1.77. The molecule has 0 unspecified atom stereocenters. The number of aromatic amines is 1. The van der Waals surface area contributed by atoms with E-state index in [0.29, 0.717) is 64.3 Å². The van der Waals surface area contributed by atoms with Crippen LogP contribution >= 0.6 is 11.3 Å². The summed E-state index contributed by atoms with van der Waals surface area (Å²) >= 11 is 1.61. The second-order valence-corrected chi connectivity index (χ2v) is 7.92. The van der Waals surface area contributed by atoms with Crippen LogP contribution in [0.2, 0.25) is 0 Å². The summed E-state index contributed by atoms with van der Waals surface area (Å²) in [6, 6.07) is 0. The predicted molar refractivity (Wildman–Crippen MR) is 99.6 cm³/mol. The first-order valence-corrected chi connectivity index (χ1v) is 10.1. The Balaban J connectivity index is 1.38. The quantitative estimate of drug-likeness (QED) is 0.847. The van der Waals surface area contributed by atoms with Gasteiger partial charge in [-0.05, 0) is 19.8 Å². The van der Waals surface area contributed by atoms with Gasteiger partial charge in [0, 0.05) is 37.0 Å². The molecular formula is C18H23N5O3S. The molecule has 1 fully saturated rings. The molecule has 9 heteroatoms. The number of hydrogen-bond donors (Lipinski definition) is 1. The van der Waals surface area contributed by atoms with Gasteiger partial charge < -0.3 is 14.5 Å². The molecule has 27 heavy (non-hydrogen) atoms. The number of nitrogens with one attached hydrogen (secondary N) is 1. The molecule has 0 bridgehead atoms. The van der Waals surface area contributed by atoms with Crippen LogP contribution in [0.3, 0.4) is 0 Å². The van der Waals surface area contributed by atoms with Crippen LogP contribution < -0.4 is 0 Å². The fraction of sp³-hybridized carbons (Fsp3) is 0.556. The Hall–Kier alpha value is -2.26. The highest BCUT2D eigenvalue weighted by Gasteiger charge is 2.29. The molecular weight excluding hydrogens is 366 g/mol. The second kappa shape index (κ2) is 7.77. The van der Waals surface area contributed by atoms with E-state index in [1.165, 1.54) is 0 Å². The SMILES string of the molecule is Cc1nc(CCC(=O)N2CCc3c(C(=O)N4CCOCC4)n[nH]c3C2)cs1. The van der Waals surface area contributed by atoms with Gasteiger partial charge in [0.05, 0.1) is 36.2 Å². The Morgan fingerprint density at radius 1 is 1.26 bits per heavy atom. The minimum Gasteiger partial charge on any atom is -0.378 e. The lowest BCUT2D eigenvalue weighted by molar-refractivity contribution is -0.132. The molecule has 2 aromatic rings. The number of hydrogen-bond acceptors (Lipinski definition) is 6. The van der Waals surface area contributed by atoms with Gasteiger partial charge >= 0.3 is 0 Å². The number of nitrogens with zero attached hydrogens (tertiary/aromatic N) is 4. The average Bonchev–Trinajstić information content (AvgIpc) is 3.31. The molecule has 1 N–H and O–H groups in total. The van der Waals surface area contributed by atoms with E-state index >= 15 is 0 Å². The maximum Gasteiger partial charge on any atom is 0.274 e. The van der Waals surface area contributed by atoms with Crippen LogP contribution in [0, 0.1) is 6.92 Å². The Labute approximate surface area is 161 Å². The van der Waals surface area contributed by atoms with Crippen LogP contribution in [-0.2, 0) is 28.9 Å². The zero-order valence-corrected chi connectivity index (χ0v) is 16.2. The number of fused-ring (bicyclic) bond motifs is 1. The number of ether oxygens (including phenoxy) is 1. The number of morpholine rings is 1. The van der Waals surface area contributed by atoms with E-state index in [9.17, 15) is 9.59 Å². The molecule has 0 aliphatic carbocycles. The zero-order chi connectivity index (χ0) is 18.8. The van der Waals surface area contributed by atoms with Crippen molar-refractivity contribution in [3.05, 3.63) is 33.0 Å². The molecule has 0 saturated carbocycles. The maximum atomic E-state index is 12.7. The van der Waals surface area contributed by atoms with Crippen molar-refractivity contribution in [2.75, 3.05) is 32.8 Å². The minimum atomic E-state index is -0.0468. The molecule has 2 aliphatic rings. The van der Waals surface area contributed by atoms with Gasteiger partial charge in [-0.2, -0.15) is 5.10 Å². The molecule has 2 aromatic heterocycles. The van der Waals surface area contributed by atoms with Crippen LogP contribution in [0.4, 0.5) is 0 Å². The molecule has 0 spiro atoms. The van der Waals surface area contributed by atoms with E-state index in [-0.39, 0.29) is 11.8 Å². The van der Waals surface area contributed by atoms with Crippen LogP contribution in [0.5, 0.6) is 0 Å². The number of carbonyl (C=O) groups is 2. The third-order valence-electron chi connectivity index (χ3n) is 5.05. The highest BCUT2D eigenvalue weighted by atomic mass is 32.1. The fourth-order valence-electron chi connectivity index (χ4n) is 3.54. The Bertz CT molecular complexity index is 840. The summed E-state index contributed by atoms with van der Waals surface area (Å²) in [4.78, 5) is 33.3. The van der Waals surface area contributed by atoms with Crippen molar-refractivity contribution in [1.29, 1.82) is 0 Å². The van der Waals surface area contributed by atoms with E-state index < -0.39 is 0 Å². The van der Waals surface area contributed by atoms with E-state index in [4.69, 9.17) is 4.74 Å². The van der Waals surface area contributed by atoms with Crippen molar-refractivity contribution in [1.82, 2.24) is 25.0 Å². The Kier molecular flexibility index (Phi) is 5.22. The van der Waals surface area contributed by atoms with Gasteiger partial charge in [0.2, 0.25) is 5.91 Å². The summed E-state index contributed by atoms with van der Waals surface area (Å²) in [5.74, 6) is 0.0661. The molecule has 8 nitrogen and oxygen atoms in total. The van der Waals surface area contributed by atoms with Gasteiger partial charge in [-0.3, -0.25) is 14.7 Å². The number of aryl methyl sites for hydroxylation is 2. The summed E-state index contributed by atoms with van der Waals surface area (Å²) in [5.41, 5.74) is 3.29. The molecule has 1 saturated heterocycles. The monoisotopic (exact) mass is 389 g/mol. The topological polar surface area (TPSA) is 91.4 Å². The lowest BCUT2D eigenvalue weighted by Gasteiger charge is -2.28. The summed E-state index contributed by atoms with van der Waals surface area (Å²) in [6.45, 7) is 5.40. The number of aromatic nitrogens is 3. The number of carbonyl (C=O) groups excluding carboxylic acids is 2. The number of thiazole rings is 1. The lowest BCUT2D eigenvalue weighted by atomic mass is 10.0. The predicted octanol–water partition coefficient (Wildman–Crippen LogP) is 1.16. The first kappa shape index (κ1) is 18.1. The van der Waals surface area contributed by atoms with Crippen LogP contribution in [0.1, 0.15) is 38.9 Å². The number of H-pyrrole nitrogens is 1. The molecule has 0 aromatic carbocycles. The van der Waals surface area contributed by atoms with Crippen molar-refractivity contribution in [2.45, 2.75) is 32.7 Å². The van der Waals surface area contributed by atoms with E-state index in [0.717, 1.165) is 22.0 Å². The second-order valence-electron chi connectivity index (χ2n) is 6.86. The van der Waals surface area contributed by atoms with Gasteiger partial charge in [0.25, 0.3) is 5.91 Å². The van der Waals surface area contributed by atoms with Crippen molar-refractivity contribution < 1.29 is 14.3 Å². The van der Waals surface area contributed by atoms with Gasteiger partial charge in [-0.1, -0.05) is 0 Å².